The summed E-state index contributed by atoms with van der Waals surface area (Å²) in [5.74, 6) is -0.735. The molecule has 7 nitrogen and oxygen atoms in total. The van der Waals surface area contributed by atoms with Crippen LogP contribution in [0.2, 0.25) is 0 Å². The molecule has 0 amide bonds. The topological polar surface area (TPSA) is 64.6 Å². The van der Waals surface area contributed by atoms with Crippen molar-refractivity contribution in [3.8, 4) is 0 Å². The molecule has 0 saturated carbocycles. The second-order valence-electron chi connectivity index (χ2n) is 8.61. The Morgan fingerprint density at radius 3 is 2.09 bits per heavy atom. The average Bonchev–Trinajstić information content (AvgIpc) is 3.19. The summed E-state index contributed by atoms with van der Waals surface area (Å²) in [6.07, 6.45) is 1.04. The van der Waals surface area contributed by atoms with E-state index in [9.17, 15) is 0 Å². The fourth-order valence-corrected chi connectivity index (χ4v) is 4.13. The molecule has 3 unspecified atom stereocenters. The summed E-state index contributed by atoms with van der Waals surface area (Å²) in [6, 6.07) is 20.0. The van der Waals surface area contributed by atoms with Crippen molar-refractivity contribution in [2.24, 2.45) is 0 Å². The van der Waals surface area contributed by atoms with Crippen LogP contribution in [0.4, 0.5) is 0 Å². The van der Waals surface area contributed by atoms with E-state index in [0.29, 0.717) is 19.8 Å². The summed E-state index contributed by atoms with van der Waals surface area (Å²) >= 11 is 0. The van der Waals surface area contributed by atoms with Crippen LogP contribution in [0.1, 0.15) is 37.3 Å². The zero-order valence-electron chi connectivity index (χ0n) is 19.4. The summed E-state index contributed by atoms with van der Waals surface area (Å²) in [6.45, 7) is 3.59. The molecule has 0 spiro atoms. The zero-order valence-corrected chi connectivity index (χ0v) is 19.4. The van der Waals surface area contributed by atoms with Crippen LogP contribution in [-0.4, -0.2) is 50.7 Å². The van der Waals surface area contributed by atoms with Gasteiger partial charge in [0.05, 0.1) is 19.8 Å². The number of ether oxygens (including phenoxy) is 5. The van der Waals surface area contributed by atoms with Crippen molar-refractivity contribution in [1.29, 1.82) is 0 Å². The molecule has 2 aliphatic rings. The molecule has 2 fully saturated rings. The Kier molecular flexibility index (Phi) is 8.86. The van der Waals surface area contributed by atoms with E-state index in [1.54, 1.807) is 7.11 Å². The molecular weight excluding hydrogens is 424 g/mol. The van der Waals surface area contributed by atoms with Crippen molar-refractivity contribution >= 4 is 0 Å². The Balaban J connectivity index is 1.40. The maximum absolute atomic E-state index is 6.31. The van der Waals surface area contributed by atoms with Crippen LogP contribution in [0.5, 0.6) is 0 Å². The van der Waals surface area contributed by atoms with Gasteiger partial charge in [0.15, 0.2) is 12.1 Å². The predicted octanol–water partition coefficient (Wildman–Crippen LogP) is 4.39. The molecule has 0 radical (unpaired) electrons. The van der Waals surface area contributed by atoms with Crippen LogP contribution in [0.15, 0.2) is 60.7 Å². The minimum absolute atomic E-state index is 0.170. The number of methoxy groups -OCH3 is 1. The van der Waals surface area contributed by atoms with E-state index in [0.717, 1.165) is 30.4 Å². The summed E-state index contributed by atoms with van der Waals surface area (Å²) in [4.78, 5) is 11.2. The molecule has 5 atom stereocenters. The molecular formula is C26H34O7. The minimum Gasteiger partial charge on any atom is -0.368 e. The highest BCUT2D eigenvalue weighted by molar-refractivity contribution is 5.14. The first-order chi connectivity index (χ1) is 16.2. The second kappa shape index (κ2) is 12.0. The average molecular weight is 459 g/mol. The maximum atomic E-state index is 6.31. The van der Waals surface area contributed by atoms with Crippen LogP contribution >= 0.6 is 0 Å². The van der Waals surface area contributed by atoms with Gasteiger partial charge in [0.1, 0.15) is 24.9 Å². The largest absolute Gasteiger partial charge is 0.368 e. The fraction of sp³-hybridized carbons (Fsp3) is 0.538. The SMILES string of the molecule is CO[C@@H]1O[C@H](COOC2(C)CCCCO2)C(OCc2ccccc2)C1OCc1ccccc1. The lowest BCUT2D eigenvalue weighted by Gasteiger charge is -2.32. The van der Waals surface area contributed by atoms with Crippen molar-refractivity contribution in [2.45, 2.75) is 69.8 Å². The van der Waals surface area contributed by atoms with Crippen LogP contribution < -0.4 is 0 Å². The van der Waals surface area contributed by atoms with E-state index in [-0.39, 0.29) is 6.61 Å². The fourth-order valence-electron chi connectivity index (χ4n) is 4.13. The number of hydrogen-bond acceptors (Lipinski definition) is 7. The molecule has 7 heteroatoms. The minimum atomic E-state index is -0.735. The Hall–Kier alpha value is -1.84. The third-order valence-corrected chi connectivity index (χ3v) is 5.97. The van der Waals surface area contributed by atoms with E-state index >= 15 is 0 Å². The predicted molar refractivity (Wildman–Crippen MR) is 121 cm³/mol. The monoisotopic (exact) mass is 458 g/mol. The van der Waals surface area contributed by atoms with E-state index in [1.807, 2.05) is 67.6 Å². The number of benzene rings is 2. The van der Waals surface area contributed by atoms with Gasteiger partial charge in [0.2, 0.25) is 0 Å². The van der Waals surface area contributed by atoms with Gasteiger partial charge in [-0.05, 0) is 30.9 Å². The van der Waals surface area contributed by atoms with Gasteiger partial charge in [-0.15, -0.1) is 0 Å². The molecule has 0 N–H and O–H groups in total. The van der Waals surface area contributed by atoms with Gasteiger partial charge in [-0.3, -0.25) is 0 Å². The first kappa shape index (κ1) is 24.3. The van der Waals surface area contributed by atoms with Gasteiger partial charge in [-0.25, -0.2) is 9.78 Å². The summed E-state index contributed by atoms with van der Waals surface area (Å²) < 4.78 is 30.0. The van der Waals surface area contributed by atoms with Gasteiger partial charge in [-0.1, -0.05) is 60.7 Å². The van der Waals surface area contributed by atoms with Crippen LogP contribution in [0.3, 0.4) is 0 Å². The molecule has 2 saturated heterocycles. The molecule has 0 aromatic heterocycles. The standard InChI is InChI=1S/C26H34O7/c1-26(15-9-10-16-30-26)33-31-19-22-23(28-17-20-11-5-3-6-12-20)24(25(27-2)32-22)29-18-21-13-7-4-8-14-21/h3-8,11-14,22-25H,9-10,15-19H2,1-2H3/t22-,23?,24?,25-,26?/m1/s1. The zero-order chi connectivity index (χ0) is 22.9. The highest BCUT2D eigenvalue weighted by atomic mass is 17.2. The first-order valence-electron chi connectivity index (χ1n) is 11.6. The van der Waals surface area contributed by atoms with Crippen molar-refractivity contribution in [3.63, 3.8) is 0 Å². The van der Waals surface area contributed by atoms with Gasteiger partial charge >= 0.3 is 0 Å². The van der Waals surface area contributed by atoms with Crippen molar-refractivity contribution in [2.75, 3.05) is 20.3 Å². The Morgan fingerprint density at radius 1 is 0.879 bits per heavy atom. The smallest absolute Gasteiger partial charge is 0.198 e. The first-order valence-corrected chi connectivity index (χ1v) is 11.6. The van der Waals surface area contributed by atoms with Crippen LogP contribution in [-0.2, 0) is 46.7 Å². The van der Waals surface area contributed by atoms with E-state index in [2.05, 4.69) is 0 Å². The van der Waals surface area contributed by atoms with Crippen molar-refractivity contribution in [3.05, 3.63) is 71.8 Å². The van der Waals surface area contributed by atoms with Gasteiger partial charge in [-0.2, -0.15) is 0 Å². The molecule has 2 heterocycles. The highest BCUT2D eigenvalue weighted by Crippen LogP contribution is 2.31. The Bertz CT molecular complexity index is 810. The molecule has 0 aliphatic carbocycles. The number of hydrogen-bond donors (Lipinski definition) is 0. The third kappa shape index (κ3) is 6.83. The molecule has 180 valence electrons. The molecule has 2 aromatic carbocycles. The van der Waals surface area contributed by atoms with Gasteiger partial charge in [0, 0.05) is 13.5 Å². The van der Waals surface area contributed by atoms with Crippen molar-refractivity contribution in [1.82, 2.24) is 0 Å². The summed E-state index contributed by atoms with van der Waals surface area (Å²) in [5, 5.41) is 0. The molecule has 33 heavy (non-hydrogen) atoms. The second-order valence-corrected chi connectivity index (χ2v) is 8.61. The lowest BCUT2D eigenvalue weighted by atomic mass is 10.1. The molecule has 2 aromatic rings. The maximum Gasteiger partial charge on any atom is 0.198 e. The van der Waals surface area contributed by atoms with E-state index in [1.165, 1.54) is 0 Å². The van der Waals surface area contributed by atoms with Crippen LogP contribution in [0, 0.1) is 0 Å². The Labute approximate surface area is 195 Å². The summed E-state index contributed by atoms with van der Waals surface area (Å²) in [7, 11) is 1.61. The van der Waals surface area contributed by atoms with E-state index < -0.39 is 30.4 Å². The number of rotatable bonds is 11. The third-order valence-electron chi connectivity index (χ3n) is 5.97. The van der Waals surface area contributed by atoms with Gasteiger partial charge in [0.25, 0.3) is 0 Å². The molecule has 0 bridgehead atoms. The lowest BCUT2D eigenvalue weighted by Crippen LogP contribution is -2.41. The molecule has 2 aliphatic heterocycles. The molecule has 4 rings (SSSR count). The lowest BCUT2D eigenvalue weighted by molar-refractivity contribution is -0.436. The normalized spacial score (nSPS) is 29.9. The Morgan fingerprint density at radius 2 is 1.52 bits per heavy atom. The van der Waals surface area contributed by atoms with Crippen molar-refractivity contribution < 1.29 is 33.5 Å². The highest BCUT2D eigenvalue weighted by Gasteiger charge is 2.47. The quantitative estimate of drug-likeness (QED) is 0.365. The summed E-state index contributed by atoms with van der Waals surface area (Å²) in [5.41, 5.74) is 2.14. The van der Waals surface area contributed by atoms with Gasteiger partial charge < -0.3 is 23.7 Å². The van der Waals surface area contributed by atoms with Crippen LogP contribution in [0.25, 0.3) is 0 Å². The van der Waals surface area contributed by atoms with E-state index in [4.69, 9.17) is 33.5 Å².